The van der Waals surface area contributed by atoms with Gasteiger partial charge in [0.1, 0.15) is 12.4 Å². The van der Waals surface area contributed by atoms with Crippen LogP contribution in [0.25, 0.3) is 0 Å². The van der Waals surface area contributed by atoms with E-state index in [1.807, 2.05) is 18.2 Å². The second-order valence-electron chi connectivity index (χ2n) is 6.49. The molecule has 3 rings (SSSR count). The van der Waals surface area contributed by atoms with E-state index < -0.39 is 4.92 Å². The van der Waals surface area contributed by atoms with Gasteiger partial charge in [-0.2, -0.15) is 5.10 Å². The van der Waals surface area contributed by atoms with Crippen molar-refractivity contribution in [1.82, 2.24) is 5.43 Å². The second-order valence-corrected chi connectivity index (χ2v) is 7.37. The molecule has 0 aliphatic heterocycles. The molecule has 0 heterocycles. The van der Waals surface area contributed by atoms with Crippen LogP contribution >= 0.6 is 23.2 Å². The summed E-state index contributed by atoms with van der Waals surface area (Å²) in [4.78, 5) is 22.3. The maximum atomic E-state index is 12.1. The Morgan fingerprint density at radius 3 is 2.48 bits per heavy atom. The first kappa shape index (κ1) is 22.3. The van der Waals surface area contributed by atoms with Gasteiger partial charge in [-0.1, -0.05) is 47.5 Å². The summed E-state index contributed by atoms with van der Waals surface area (Å²) in [5, 5.41) is 15.8. The highest BCUT2D eigenvalue weighted by molar-refractivity contribution is 6.31. The van der Waals surface area contributed by atoms with Crippen molar-refractivity contribution in [1.29, 1.82) is 0 Å². The van der Waals surface area contributed by atoms with Crippen molar-refractivity contribution < 1.29 is 14.5 Å². The number of hydrogen-bond donors (Lipinski definition) is 1. The maximum Gasteiger partial charge on any atom is 0.269 e. The molecular formula is C22H17Cl2N3O4. The van der Waals surface area contributed by atoms with Crippen molar-refractivity contribution in [2.45, 2.75) is 13.0 Å². The van der Waals surface area contributed by atoms with Crippen LogP contribution in [0.3, 0.4) is 0 Å². The summed E-state index contributed by atoms with van der Waals surface area (Å²) in [5.41, 5.74) is 4.52. The molecule has 7 nitrogen and oxygen atoms in total. The van der Waals surface area contributed by atoms with Crippen molar-refractivity contribution in [3.05, 3.63) is 104 Å². The zero-order valence-corrected chi connectivity index (χ0v) is 17.6. The van der Waals surface area contributed by atoms with Gasteiger partial charge in [-0.3, -0.25) is 14.9 Å². The molecule has 31 heavy (non-hydrogen) atoms. The maximum absolute atomic E-state index is 12.1. The van der Waals surface area contributed by atoms with Gasteiger partial charge < -0.3 is 4.74 Å². The first-order valence-electron chi connectivity index (χ1n) is 9.13. The van der Waals surface area contributed by atoms with Gasteiger partial charge in [-0.15, -0.1) is 0 Å². The minimum atomic E-state index is -0.495. The van der Waals surface area contributed by atoms with E-state index in [-0.39, 0.29) is 18.0 Å². The lowest BCUT2D eigenvalue weighted by Gasteiger charge is -2.10. The number of nitro groups is 1. The smallest absolute Gasteiger partial charge is 0.269 e. The Morgan fingerprint density at radius 1 is 1.03 bits per heavy atom. The van der Waals surface area contributed by atoms with Crippen LogP contribution < -0.4 is 10.2 Å². The fourth-order valence-electron chi connectivity index (χ4n) is 2.67. The lowest BCUT2D eigenvalue weighted by atomic mass is 10.1. The van der Waals surface area contributed by atoms with Gasteiger partial charge in [-0.25, -0.2) is 5.43 Å². The number of ether oxygens (including phenoxy) is 1. The Morgan fingerprint density at radius 2 is 1.77 bits per heavy atom. The van der Waals surface area contributed by atoms with Crippen LogP contribution in [-0.4, -0.2) is 17.0 Å². The minimum Gasteiger partial charge on any atom is -0.488 e. The van der Waals surface area contributed by atoms with E-state index in [0.29, 0.717) is 33.5 Å². The Hall–Kier alpha value is -3.42. The molecule has 3 aromatic rings. The first-order chi connectivity index (χ1) is 14.9. The molecule has 9 heteroatoms. The Kier molecular flexibility index (Phi) is 7.59. The summed E-state index contributed by atoms with van der Waals surface area (Å²) in [6, 6.07) is 18.2. The van der Waals surface area contributed by atoms with Crippen LogP contribution in [0.2, 0.25) is 10.0 Å². The lowest BCUT2D eigenvalue weighted by Crippen LogP contribution is -2.19. The van der Waals surface area contributed by atoms with Crippen LogP contribution in [0.15, 0.2) is 71.8 Å². The predicted octanol–water partition coefficient (Wildman–Crippen LogP) is 5.17. The summed E-state index contributed by atoms with van der Waals surface area (Å²) < 4.78 is 5.84. The highest BCUT2D eigenvalue weighted by Gasteiger charge is 2.08. The number of nitro benzene ring substituents is 1. The van der Waals surface area contributed by atoms with Crippen LogP contribution in [-0.2, 0) is 17.8 Å². The number of non-ortho nitro benzene ring substituents is 1. The van der Waals surface area contributed by atoms with Gasteiger partial charge in [0, 0.05) is 27.7 Å². The zero-order valence-electron chi connectivity index (χ0n) is 16.1. The quantitative estimate of drug-likeness (QED) is 0.286. The van der Waals surface area contributed by atoms with Crippen molar-refractivity contribution in [3.8, 4) is 5.75 Å². The molecule has 3 aromatic carbocycles. The van der Waals surface area contributed by atoms with Crippen LogP contribution in [0, 0.1) is 10.1 Å². The molecular weight excluding hydrogens is 441 g/mol. The highest BCUT2D eigenvalue weighted by atomic mass is 35.5. The lowest BCUT2D eigenvalue weighted by molar-refractivity contribution is -0.384. The number of halogens is 2. The predicted molar refractivity (Wildman–Crippen MR) is 120 cm³/mol. The molecule has 0 saturated carbocycles. The molecule has 0 aromatic heterocycles. The summed E-state index contributed by atoms with van der Waals surface area (Å²) in [6.45, 7) is 0.301. The van der Waals surface area contributed by atoms with Crippen molar-refractivity contribution in [2.24, 2.45) is 5.10 Å². The van der Waals surface area contributed by atoms with Gasteiger partial charge in [0.05, 0.1) is 17.6 Å². The average molecular weight is 458 g/mol. The van der Waals surface area contributed by atoms with Crippen LogP contribution in [0.1, 0.15) is 16.7 Å². The molecule has 1 N–H and O–H groups in total. The Labute approximate surface area is 188 Å². The largest absolute Gasteiger partial charge is 0.488 e. The van der Waals surface area contributed by atoms with Gasteiger partial charge in [0.25, 0.3) is 5.69 Å². The number of carbonyl (C=O) groups is 1. The van der Waals surface area contributed by atoms with Gasteiger partial charge in [0.15, 0.2) is 0 Å². The molecule has 0 spiro atoms. The fourth-order valence-corrected chi connectivity index (χ4v) is 3.07. The molecule has 158 valence electrons. The van der Waals surface area contributed by atoms with E-state index in [1.54, 1.807) is 24.3 Å². The number of hydrazone groups is 1. The number of rotatable bonds is 8. The number of nitrogens with zero attached hydrogens (tertiary/aromatic N) is 2. The summed E-state index contributed by atoms with van der Waals surface area (Å²) in [7, 11) is 0. The second kappa shape index (κ2) is 10.6. The third-order valence-corrected chi connectivity index (χ3v) is 4.63. The van der Waals surface area contributed by atoms with Crippen molar-refractivity contribution >= 4 is 41.0 Å². The molecule has 0 unspecified atom stereocenters. The van der Waals surface area contributed by atoms with E-state index in [1.165, 1.54) is 30.5 Å². The molecule has 0 bridgehead atoms. The zero-order chi connectivity index (χ0) is 22.2. The molecule has 0 saturated heterocycles. The van der Waals surface area contributed by atoms with Crippen LogP contribution in [0.5, 0.6) is 5.75 Å². The number of nitrogens with one attached hydrogen (secondary N) is 1. The van der Waals surface area contributed by atoms with Crippen molar-refractivity contribution in [2.75, 3.05) is 0 Å². The Balaban J connectivity index is 1.61. The molecule has 0 aliphatic carbocycles. The van der Waals surface area contributed by atoms with Crippen LogP contribution in [0.4, 0.5) is 5.69 Å². The van der Waals surface area contributed by atoms with Gasteiger partial charge in [-0.05, 0) is 41.5 Å². The first-order valence-corrected chi connectivity index (χ1v) is 9.88. The van der Waals surface area contributed by atoms with E-state index in [2.05, 4.69) is 10.5 Å². The molecule has 0 radical (unpaired) electrons. The van der Waals surface area contributed by atoms with Gasteiger partial charge in [0.2, 0.25) is 5.91 Å². The molecule has 1 amide bonds. The normalized spacial score (nSPS) is 10.8. The standard InChI is InChI=1S/C22H17Cl2N3O4/c23-18-3-1-2-16(10-18)14-31-21-9-6-19(24)12-17(21)13-25-26-22(28)11-15-4-7-20(8-5-15)27(29)30/h1-10,12-13H,11,14H2,(H,26,28)/b25-13-. The number of benzene rings is 3. The number of hydrogen-bond acceptors (Lipinski definition) is 5. The minimum absolute atomic E-state index is 0.0308. The van der Waals surface area contributed by atoms with E-state index >= 15 is 0 Å². The SMILES string of the molecule is O=C(Cc1ccc([N+](=O)[O-])cc1)N/N=C\c1cc(Cl)ccc1OCc1cccc(Cl)c1. The molecule has 0 aliphatic rings. The van der Waals surface area contributed by atoms with Gasteiger partial charge >= 0.3 is 0 Å². The fraction of sp³-hybridized carbons (Fsp3) is 0.0909. The number of carbonyl (C=O) groups excluding carboxylic acids is 1. The third kappa shape index (κ3) is 6.80. The summed E-state index contributed by atoms with van der Waals surface area (Å²) in [5.74, 6) is 0.172. The van der Waals surface area contributed by atoms with E-state index in [0.717, 1.165) is 5.56 Å². The third-order valence-electron chi connectivity index (χ3n) is 4.16. The Bertz CT molecular complexity index is 1120. The summed E-state index contributed by atoms with van der Waals surface area (Å²) >= 11 is 12.1. The van der Waals surface area contributed by atoms with Crippen molar-refractivity contribution in [3.63, 3.8) is 0 Å². The highest BCUT2D eigenvalue weighted by Crippen LogP contribution is 2.23. The molecule has 0 atom stereocenters. The average Bonchev–Trinajstić information content (AvgIpc) is 2.73. The molecule has 0 fully saturated rings. The topological polar surface area (TPSA) is 93.8 Å². The van der Waals surface area contributed by atoms with E-state index in [4.69, 9.17) is 27.9 Å². The monoisotopic (exact) mass is 457 g/mol. The number of amides is 1. The van der Waals surface area contributed by atoms with E-state index in [9.17, 15) is 14.9 Å². The summed E-state index contributed by atoms with van der Waals surface area (Å²) in [6.07, 6.45) is 1.47.